The summed E-state index contributed by atoms with van der Waals surface area (Å²) in [6.45, 7) is 5.88. The molecule has 2 N–H and O–H groups in total. The van der Waals surface area contributed by atoms with Gasteiger partial charge in [0.15, 0.2) is 0 Å². The van der Waals surface area contributed by atoms with Crippen LogP contribution in [0.1, 0.15) is 31.9 Å². The summed E-state index contributed by atoms with van der Waals surface area (Å²) < 4.78 is 15.2. The molecular formula is C23H25FN2O3. The average Bonchev–Trinajstić information content (AvgIpc) is 2.98. The number of benzene rings is 2. The number of carbonyl (C=O) groups excluding carboxylic acids is 1. The van der Waals surface area contributed by atoms with Crippen LogP contribution >= 0.6 is 0 Å². The molecule has 0 aliphatic heterocycles. The predicted octanol–water partition coefficient (Wildman–Crippen LogP) is 3.99. The molecule has 3 aromatic rings. The van der Waals surface area contributed by atoms with Crippen molar-refractivity contribution in [3.8, 4) is 0 Å². The van der Waals surface area contributed by atoms with Gasteiger partial charge in [-0.2, -0.15) is 0 Å². The van der Waals surface area contributed by atoms with Gasteiger partial charge in [0.25, 0.3) is 0 Å². The van der Waals surface area contributed by atoms with Crippen molar-refractivity contribution >= 4 is 22.8 Å². The normalized spacial score (nSPS) is 12.7. The van der Waals surface area contributed by atoms with Crippen molar-refractivity contribution in [2.75, 3.05) is 0 Å². The first kappa shape index (κ1) is 20.6. The number of nitrogens with zero attached hydrogens (tertiary/aromatic N) is 1. The second-order valence-corrected chi connectivity index (χ2v) is 8.31. The van der Waals surface area contributed by atoms with E-state index in [1.54, 1.807) is 32.9 Å². The van der Waals surface area contributed by atoms with E-state index in [9.17, 15) is 19.1 Å². The monoisotopic (exact) mass is 396 g/mol. The molecule has 0 fully saturated rings. The number of rotatable bonds is 6. The average molecular weight is 396 g/mol. The largest absolute Gasteiger partial charge is 0.480 e. The zero-order valence-corrected chi connectivity index (χ0v) is 16.8. The summed E-state index contributed by atoms with van der Waals surface area (Å²) in [6, 6.07) is 13.1. The Bertz CT molecular complexity index is 1030. The first-order valence-electron chi connectivity index (χ1n) is 9.48. The van der Waals surface area contributed by atoms with E-state index in [0.717, 1.165) is 22.0 Å². The molecule has 152 valence electrons. The van der Waals surface area contributed by atoms with E-state index in [1.807, 2.05) is 35.0 Å². The molecule has 1 unspecified atom stereocenters. The molecule has 1 atom stereocenters. The Morgan fingerprint density at radius 1 is 1.10 bits per heavy atom. The summed E-state index contributed by atoms with van der Waals surface area (Å²) in [5, 5.41) is 13.0. The van der Waals surface area contributed by atoms with E-state index in [0.29, 0.717) is 6.54 Å². The molecule has 0 bridgehead atoms. The zero-order valence-electron chi connectivity index (χ0n) is 16.8. The van der Waals surface area contributed by atoms with E-state index in [4.69, 9.17) is 0 Å². The summed E-state index contributed by atoms with van der Waals surface area (Å²) in [6.07, 6.45) is 1.98. The molecule has 29 heavy (non-hydrogen) atoms. The third-order valence-electron chi connectivity index (χ3n) is 4.91. The van der Waals surface area contributed by atoms with Gasteiger partial charge in [0, 0.05) is 23.6 Å². The van der Waals surface area contributed by atoms with E-state index < -0.39 is 17.4 Å². The van der Waals surface area contributed by atoms with E-state index in [1.165, 1.54) is 12.1 Å². The minimum atomic E-state index is -1.05. The minimum Gasteiger partial charge on any atom is -0.480 e. The van der Waals surface area contributed by atoms with Gasteiger partial charge in [-0.05, 0) is 34.7 Å². The number of nitrogens with one attached hydrogen (secondary N) is 1. The Morgan fingerprint density at radius 2 is 1.76 bits per heavy atom. The molecular weight excluding hydrogens is 371 g/mol. The van der Waals surface area contributed by atoms with Crippen LogP contribution in [0.25, 0.3) is 10.9 Å². The highest BCUT2D eigenvalue weighted by atomic mass is 19.1. The van der Waals surface area contributed by atoms with Gasteiger partial charge in [-0.15, -0.1) is 0 Å². The number of para-hydroxylation sites is 1. The third-order valence-corrected chi connectivity index (χ3v) is 4.91. The summed E-state index contributed by atoms with van der Waals surface area (Å²) >= 11 is 0. The maximum Gasteiger partial charge on any atom is 0.326 e. The third kappa shape index (κ3) is 4.83. The van der Waals surface area contributed by atoms with Crippen molar-refractivity contribution in [1.82, 2.24) is 9.88 Å². The zero-order chi connectivity index (χ0) is 21.2. The number of carboxylic acid groups (broad SMARTS) is 1. The summed E-state index contributed by atoms with van der Waals surface area (Å²) in [5.41, 5.74) is 2.13. The van der Waals surface area contributed by atoms with Gasteiger partial charge in [0.2, 0.25) is 5.91 Å². The lowest BCUT2D eigenvalue weighted by Crippen LogP contribution is -2.49. The van der Waals surface area contributed by atoms with Crippen LogP contribution in [0.15, 0.2) is 54.7 Å². The maximum atomic E-state index is 13.2. The number of halogens is 1. The van der Waals surface area contributed by atoms with Crippen LogP contribution in [0.4, 0.5) is 4.39 Å². The second-order valence-electron chi connectivity index (χ2n) is 8.31. The molecule has 1 aromatic heterocycles. The highest BCUT2D eigenvalue weighted by Crippen LogP contribution is 2.24. The fourth-order valence-electron chi connectivity index (χ4n) is 3.41. The lowest BCUT2D eigenvalue weighted by molar-refractivity contribution is -0.144. The van der Waals surface area contributed by atoms with Gasteiger partial charge >= 0.3 is 5.97 Å². The van der Waals surface area contributed by atoms with Crippen molar-refractivity contribution in [2.45, 2.75) is 39.8 Å². The molecule has 0 saturated heterocycles. The fraction of sp³-hybridized carbons (Fsp3) is 0.304. The fourth-order valence-corrected chi connectivity index (χ4v) is 3.41. The molecule has 0 saturated carbocycles. The number of hydrogen-bond acceptors (Lipinski definition) is 2. The highest BCUT2D eigenvalue weighted by Gasteiger charge is 2.32. The molecule has 0 radical (unpaired) electrons. The van der Waals surface area contributed by atoms with Crippen molar-refractivity contribution in [3.63, 3.8) is 0 Å². The van der Waals surface area contributed by atoms with Crippen LogP contribution in [-0.4, -0.2) is 27.6 Å². The van der Waals surface area contributed by atoms with Gasteiger partial charge in [0.1, 0.15) is 11.9 Å². The first-order valence-corrected chi connectivity index (χ1v) is 9.48. The highest BCUT2D eigenvalue weighted by molar-refractivity contribution is 5.91. The molecule has 1 heterocycles. The van der Waals surface area contributed by atoms with Gasteiger partial charge in [0.05, 0.1) is 6.42 Å². The molecule has 3 rings (SSSR count). The standard InChI is InChI=1S/C23H25FN2O3/c1-23(2,3)21(22(28)29)25-20(27)12-16-14-26(19-7-5-4-6-18(16)19)13-15-8-10-17(24)11-9-15/h4-11,14,21H,12-13H2,1-3H3,(H,25,27)(H,28,29). The number of carbonyl (C=O) groups is 2. The van der Waals surface area contributed by atoms with Gasteiger partial charge in [-0.1, -0.05) is 51.1 Å². The van der Waals surface area contributed by atoms with Crippen LogP contribution in [0.2, 0.25) is 0 Å². The Morgan fingerprint density at radius 3 is 2.38 bits per heavy atom. The van der Waals surface area contributed by atoms with Crippen LogP contribution in [0.3, 0.4) is 0 Å². The lowest BCUT2D eigenvalue weighted by atomic mass is 9.86. The molecule has 6 heteroatoms. The molecule has 0 aliphatic rings. The second kappa shape index (κ2) is 8.07. The smallest absolute Gasteiger partial charge is 0.326 e. The van der Waals surface area contributed by atoms with Gasteiger partial charge in [-0.3, -0.25) is 4.79 Å². The molecule has 5 nitrogen and oxygen atoms in total. The Balaban J connectivity index is 1.85. The lowest BCUT2D eigenvalue weighted by Gasteiger charge is -2.27. The van der Waals surface area contributed by atoms with Gasteiger partial charge in [-0.25, -0.2) is 9.18 Å². The Kier molecular flexibility index (Phi) is 5.73. The quantitative estimate of drug-likeness (QED) is 0.662. The number of aliphatic carboxylic acids is 1. The topological polar surface area (TPSA) is 71.3 Å². The number of hydrogen-bond donors (Lipinski definition) is 2. The van der Waals surface area contributed by atoms with Gasteiger partial charge < -0.3 is 15.0 Å². The van der Waals surface area contributed by atoms with Crippen LogP contribution in [0, 0.1) is 11.2 Å². The SMILES string of the molecule is CC(C)(C)C(NC(=O)Cc1cn(Cc2ccc(F)cc2)c2ccccc12)C(=O)O. The van der Waals surface area contributed by atoms with Crippen LogP contribution in [0.5, 0.6) is 0 Å². The van der Waals surface area contributed by atoms with Crippen molar-refractivity contribution in [2.24, 2.45) is 5.41 Å². The van der Waals surface area contributed by atoms with E-state index in [-0.39, 0.29) is 18.1 Å². The maximum absolute atomic E-state index is 13.2. The van der Waals surface area contributed by atoms with Crippen molar-refractivity contribution in [3.05, 3.63) is 71.7 Å². The molecule has 0 spiro atoms. The van der Waals surface area contributed by atoms with Crippen molar-refractivity contribution in [1.29, 1.82) is 0 Å². The number of fused-ring (bicyclic) bond motifs is 1. The number of aromatic nitrogens is 1. The van der Waals surface area contributed by atoms with E-state index >= 15 is 0 Å². The van der Waals surface area contributed by atoms with E-state index in [2.05, 4.69) is 5.32 Å². The van der Waals surface area contributed by atoms with Crippen molar-refractivity contribution < 1.29 is 19.1 Å². The Labute approximate surface area is 169 Å². The predicted molar refractivity (Wildman–Crippen MR) is 110 cm³/mol. The molecule has 1 amide bonds. The summed E-state index contributed by atoms with van der Waals surface area (Å²) in [5.74, 6) is -1.67. The summed E-state index contributed by atoms with van der Waals surface area (Å²) in [4.78, 5) is 24.1. The molecule has 2 aromatic carbocycles. The first-order chi connectivity index (χ1) is 13.6. The Hall–Kier alpha value is -3.15. The number of amides is 1. The molecule has 0 aliphatic carbocycles. The van der Waals surface area contributed by atoms with Crippen LogP contribution < -0.4 is 5.32 Å². The minimum absolute atomic E-state index is 0.0801. The summed E-state index contributed by atoms with van der Waals surface area (Å²) in [7, 11) is 0. The van der Waals surface area contributed by atoms with Crippen LogP contribution in [-0.2, 0) is 22.6 Å². The number of carboxylic acids is 1.